The van der Waals surface area contributed by atoms with Gasteiger partial charge in [-0.15, -0.1) is 22.7 Å². The van der Waals surface area contributed by atoms with E-state index in [0.29, 0.717) is 0 Å². The summed E-state index contributed by atoms with van der Waals surface area (Å²) in [6, 6.07) is 45.5. The van der Waals surface area contributed by atoms with Crippen LogP contribution in [0, 0.1) is 13.8 Å². The lowest BCUT2D eigenvalue weighted by atomic mass is 9.70. The monoisotopic (exact) mass is 862 g/mol. The van der Waals surface area contributed by atoms with Crippen LogP contribution in [-0.4, -0.2) is 9.97 Å². The normalized spacial score (nSPS) is 12.9. The Labute approximate surface area is 384 Å². The van der Waals surface area contributed by atoms with Crippen LogP contribution in [0.1, 0.15) is 125 Å². The molecule has 0 saturated heterocycles. The third kappa shape index (κ3) is 8.26. The van der Waals surface area contributed by atoms with Crippen molar-refractivity contribution in [2.75, 3.05) is 0 Å². The second-order valence-electron chi connectivity index (χ2n) is 17.9. The molecule has 0 unspecified atom stereocenters. The van der Waals surface area contributed by atoms with E-state index in [4.69, 9.17) is 9.97 Å². The fourth-order valence-electron chi connectivity index (χ4n) is 10.3. The van der Waals surface area contributed by atoms with Crippen molar-refractivity contribution in [1.82, 2.24) is 9.97 Å². The SMILES string of the molecule is CCCCCCC1(CCCCCC)c2cc(C)ccc2-c2ccc(-c3sc(-c4ccc(-c5cc(CC)c(C)s5)c5nc(-c6ccccc6)c(-c6ccccc6)nc45)cc3CC)cc21. The highest BCUT2D eigenvalue weighted by Crippen LogP contribution is 2.56. The smallest absolute Gasteiger partial charge is 0.0988 e. The first-order valence-corrected chi connectivity index (χ1v) is 25.4. The maximum absolute atomic E-state index is 5.70. The van der Waals surface area contributed by atoms with Crippen molar-refractivity contribution in [3.8, 4) is 65.0 Å². The van der Waals surface area contributed by atoms with Crippen molar-refractivity contribution in [3.05, 3.63) is 154 Å². The molecule has 1 aliphatic carbocycles. The number of aryl methyl sites for hydroxylation is 4. The number of fused-ring (bicyclic) bond motifs is 4. The van der Waals surface area contributed by atoms with Crippen molar-refractivity contribution in [2.45, 2.75) is 124 Å². The zero-order valence-electron chi connectivity index (χ0n) is 38.2. The third-order valence-corrected chi connectivity index (χ3v) is 16.1. The number of nitrogens with zero attached hydrogens (tertiary/aromatic N) is 2. The lowest BCUT2D eigenvalue weighted by Gasteiger charge is -2.33. The summed E-state index contributed by atoms with van der Waals surface area (Å²) >= 11 is 3.81. The second-order valence-corrected chi connectivity index (χ2v) is 20.2. The van der Waals surface area contributed by atoms with Gasteiger partial charge < -0.3 is 0 Å². The molecule has 0 spiro atoms. The molecule has 0 saturated carbocycles. The molecule has 0 aliphatic heterocycles. The van der Waals surface area contributed by atoms with Gasteiger partial charge in [-0.3, -0.25) is 0 Å². The molecule has 4 heteroatoms. The largest absolute Gasteiger partial charge is 0.243 e. The minimum absolute atomic E-state index is 0.0460. The van der Waals surface area contributed by atoms with E-state index in [0.717, 1.165) is 57.5 Å². The minimum Gasteiger partial charge on any atom is -0.243 e. The van der Waals surface area contributed by atoms with Crippen LogP contribution in [0.25, 0.3) is 76.0 Å². The van der Waals surface area contributed by atoms with E-state index >= 15 is 0 Å². The average molecular weight is 863 g/mol. The standard InChI is InChI=1S/C59H62N2S2/c1-7-11-13-21-33-59(34-22-14-12-8-2)50-35-39(5)27-29-46(50)47-30-28-45(36-51(47)59)58-42(10-4)38-53(63-58)49-32-31-48(52-37-41(9-3)40(6)62-52)56-57(49)61-55(44-25-19-16-20-26-44)54(60-56)43-23-17-15-18-24-43/h15-20,23-32,35-38H,7-14,21-22,33-34H2,1-6H3. The maximum Gasteiger partial charge on any atom is 0.0988 e. The molecule has 3 heterocycles. The molecule has 3 aromatic heterocycles. The number of thiophene rings is 2. The fourth-order valence-corrected chi connectivity index (χ4v) is 12.7. The van der Waals surface area contributed by atoms with E-state index in [1.165, 1.54) is 117 Å². The van der Waals surface area contributed by atoms with Crippen molar-refractivity contribution < 1.29 is 0 Å². The van der Waals surface area contributed by atoms with Gasteiger partial charge >= 0.3 is 0 Å². The molecule has 0 N–H and O–H groups in total. The maximum atomic E-state index is 5.70. The van der Waals surface area contributed by atoms with Crippen LogP contribution in [0.2, 0.25) is 0 Å². The van der Waals surface area contributed by atoms with Crippen molar-refractivity contribution in [3.63, 3.8) is 0 Å². The molecule has 9 rings (SSSR count). The van der Waals surface area contributed by atoms with E-state index in [1.54, 1.807) is 11.1 Å². The Balaban J connectivity index is 1.22. The number of rotatable bonds is 17. The van der Waals surface area contributed by atoms with Crippen LogP contribution in [0.3, 0.4) is 0 Å². The summed E-state index contributed by atoms with van der Waals surface area (Å²) in [5.74, 6) is 0. The first-order valence-electron chi connectivity index (χ1n) is 23.8. The topological polar surface area (TPSA) is 25.8 Å². The molecular formula is C59H62N2S2. The van der Waals surface area contributed by atoms with E-state index in [1.807, 2.05) is 22.7 Å². The first kappa shape index (κ1) is 43.1. The van der Waals surface area contributed by atoms with Crippen LogP contribution in [0.15, 0.2) is 121 Å². The molecule has 0 fully saturated rings. The second kappa shape index (κ2) is 18.9. The lowest BCUT2D eigenvalue weighted by Crippen LogP contribution is -2.25. The Kier molecular flexibility index (Phi) is 12.9. The van der Waals surface area contributed by atoms with E-state index in [-0.39, 0.29) is 5.41 Å². The molecule has 0 bridgehead atoms. The van der Waals surface area contributed by atoms with Gasteiger partial charge in [-0.05, 0) is 96.7 Å². The predicted octanol–water partition coefficient (Wildman–Crippen LogP) is 18.0. The average Bonchev–Trinajstić information content (AvgIpc) is 4.00. The van der Waals surface area contributed by atoms with E-state index < -0.39 is 0 Å². The molecule has 1 aliphatic rings. The molecule has 2 nitrogen and oxygen atoms in total. The van der Waals surface area contributed by atoms with Crippen LogP contribution in [-0.2, 0) is 18.3 Å². The zero-order chi connectivity index (χ0) is 43.5. The number of unbranched alkanes of at least 4 members (excludes halogenated alkanes) is 6. The summed E-state index contributed by atoms with van der Waals surface area (Å²) in [5.41, 5.74) is 19.8. The van der Waals surface area contributed by atoms with Gasteiger partial charge in [0.1, 0.15) is 0 Å². The number of benzene rings is 5. The Hall–Kier alpha value is -5.16. The van der Waals surface area contributed by atoms with Crippen LogP contribution in [0.5, 0.6) is 0 Å². The van der Waals surface area contributed by atoms with Crippen LogP contribution in [0.4, 0.5) is 0 Å². The lowest BCUT2D eigenvalue weighted by molar-refractivity contribution is 0.401. The summed E-state index contributed by atoms with van der Waals surface area (Å²) in [7, 11) is 0. The minimum atomic E-state index is 0.0460. The quantitative estimate of drug-likeness (QED) is 0.0853. The van der Waals surface area contributed by atoms with Gasteiger partial charge in [0.2, 0.25) is 0 Å². The molecular weight excluding hydrogens is 801 g/mol. The van der Waals surface area contributed by atoms with Gasteiger partial charge in [0, 0.05) is 47.2 Å². The van der Waals surface area contributed by atoms with Gasteiger partial charge in [0.05, 0.1) is 22.4 Å². The van der Waals surface area contributed by atoms with Gasteiger partial charge in [-0.2, -0.15) is 0 Å². The summed E-state index contributed by atoms with van der Waals surface area (Å²) in [5, 5.41) is 0. The number of aromatic nitrogens is 2. The zero-order valence-corrected chi connectivity index (χ0v) is 39.9. The molecule has 0 amide bonds. The predicted molar refractivity (Wildman–Crippen MR) is 274 cm³/mol. The summed E-state index contributed by atoms with van der Waals surface area (Å²) in [6.45, 7) is 13.8. The van der Waals surface area contributed by atoms with Crippen LogP contribution >= 0.6 is 22.7 Å². The molecule has 5 aromatic carbocycles. The summed E-state index contributed by atoms with van der Waals surface area (Å²) < 4.78 is 0. The molecule has 0 radical (unpaired) electrons. The molecule has 8 aromatic rings. The highest BCUT2D eigenvalue weighted by atomic mass is 32.1. The third-order valence-electron chi connectivity index (χ3n) is 13.7. The van der Waals surface area contributed by atoms with Crippen molar-refractivity contribution in [1.29, 1.82) is 0 Å². The Morgan fingerprint density at radius 1 is 0.460 bits per heavy atom. The van der Waals surface area contributed by atoms with Crippen molar-refractivity contribution in [2.24, 2.45) is 0 Å². The van der Waals surface area contributed by atoms with Crippen LogP contribution < -0.4 is 0 Å². The van der Waals surface area contributed by atoms with Gasteiger partial charge in [0.25, 0.3) is 0 Å². The molecule has 63 heavy (non-hydrogen) atoms. The number of hydrogen-bond acceptors (Lipinski definition) is 4. The fraction of sp³-hybridized carbons (Fsp3) is 0.322. The Morgan fingerprint density at radius 2 is 0.968 bits per heavy atom. The van der Waals surface area contributed by atoms with Gasteiger partial charge in [-0.25, -0.2) is 9.97 Å². The van der Waals surface area contributed by atoms with Crippen molar-refractivity contribution >= 4 is 33.7 Å². The van der Waals surface area contributed by atoms with E-state index in [9.17, 15) is 0 Å². The Morgan fingerprint density at radius 3 is 1.51 bits per heavy atom. The number of hydrogen-bond donors (Lipinski definition) is 0. The highest BCUT2D eigenvalue weighted by Gasteiger charge is 2.42. The van der Waals surface area contributed by atoms with Gasteiger partial charge in [-0.1, -0.05) is 188 Å². The summed E-state index contributed by atoms with van der Waals surface area (Å²) in [4.78, 5) is 16.6. The Bertz CT molecular complexity index is 2850. The summed E-state index contributed by atoms with van der Waals surface area (Å²) in [6.07, 6.45) is 14.7. The van der Waals surface area contributed by atoms with Gasteiger partial charge in [0.15, 0.2) is 0 Å². The van der Waals surface area contributed by atoms with E-state index in [2.05, 4.69) is 163 Å². The highest BCUT2D eigenvalue weighted by molar-refractivity contribution is 7.19. The first-order chi connectivity index (χ1) is 30.9. The molecule has 0 atom stereocenters. The molecule has 320 valence electrons.